The van der Waals surface area contributed by atoms with Gasteiger partial charge in [0.2, 0.25) is 5.92 Å². The smallest absolute Gasteiger partial charge is 0.207 e. The van der Waals surface area contributed by atoms with Crippen molar-refractivity contribution in [1.82, 2.24) is 0 Å². The average Bonchev–Trinajstić information content (AvgIpc) is 2.68. The molecule has 0 aromatic heterocycles. The van der Waals surface area contributed by atoms with E-state index in [4.69, 9.17) is 0 Å². The van der Waals surface area contributed by atoms with Gasteiger partial charge >= 0.3 is 0 Å². The molecule has 0 saturated heterocycles. The van der Waals surface area contributed by atoms with Crippen LogP contribution in [-0.2, 0) is 0 Å². The van der Waals surface area contributed by atoms with Gasteiger partial charge in [-0.05, 0) is 50.9 Å². The quantitative estimate of drug-likeness (QED) is 0.569. The van der Waals surface area contributed by atoms with Gasteiger partial charge < -0.3 is 0 Å². The zero-order chi connectivity index (χ0) is 8.82. The Morgan fingerprint density at radius 2 is 1.58 bits per heavy atom. The Hall–Kier alpha value is -0.140. The van der Waals surface area contributed by atoms with Crippen LogP contribution < -0.4 is 0 Å². The normalized spacial score (nSPS) is 29.2. The van der Waals surface area contributed by atoms with Gasteiger partial charge in [0.05, 0.1) is 0 Å². The predicted octanol–water partition coefficient (Wildman–Crippen LogP) is 3.61. The summed E-state index contributed by atoms with van der Waals surface area (Å²) in [5.41, 5.74) is 0.543. The molecule has 2 aliphatic rings. The van der Waals surface area contributed by atoms with Crippen molar-refractivity contribution in [2.75, 3.05) is 0 Å². The highest BCUT2D eigenvalue weighted by molar-refractivity contribution is 4.97. The minimum Gasteiger partial charge on any atom is -0.207 e. The Labute approximate surface area is 72.3 Å². The SMILES string of the molecule is CC(F)(F)C1CCC2(CC1)CC2. The highest BCUT2D eigenvalue weighted by Gasteiger charge is 2.48. The molecule has 0 N–H and O–H groups in total. The minimum atomic E-state index is -2.43. The molecule has 2 fully saturated rings. The van der Waals surface area contributed by atoms with E-state index in [0.717, 1.165) is 32.6 Å². The molecule has 70 valence electrons. The van der Waals surface area contributed by atoms with Crippen molar-refractivity contribution < 1.29 is 8.78 Å². The first kappa shape index (κ1) is 8.46. The van der Waals surface area contributed by atoms with Crippen molar-refractivity contribution in [2.45, 2.75) is 51.4 Å². The Morgan fingerprint density at radius 1 is 1.08 bits per heavy atom. The van der Waals surface area contributed by atoms with Gasteiger partial charge in [0.15, 0.2) is 0 Å². The summed E-state index contributed by atoms with van der Waals surface area (Å²) in [5.74, 6) is -2.76. The second-order valence-electron chi connectivity index (χ2n) is 4.73. The van der Waals surface area contributed by atoms with Gasteiger partial charge in [-0.3, -0.25) is 0 Å². The van der Waals surface area contributed by atoms with Gasteiger partial charge in [-0.15, -0.1) is 0 Å². The third-order valence-corrected chi connectivity index (χ3v) is 3.72. The summed E-state index contributed by atoms with van der Waals surface area (Å²) in [5, 5.41) is 0. The maximum atomic E-state index is 12.9. The number of rotatable bonds is 1. The molecule has 0 bridgehead atoms. The first-order chi connectivity index (χ1) is 5.52. The number of halogens is 2. The van der Waals surface area contributed by atoms with Gasteiger partial charge in [-0.1, -0.05) is 0 Å². The minimum absolute atomic E-state index is 0.330. The molecule has 2 aliphatic carbocycles. The first-order valence-corrected chi connectivity index (χ1v) is 4.90. The fraction of sp³-hybridized carbons (Fsp3) is 1.00. The van der Waals surface area contributed by atoms with Crippen LogP contribution in [0.4, 0.5) is 8.78 Å². The Kier molecular flexibility index (Phi) is 1.71. The summed E-state index contributed by atoms with van der Waals surface area (Å²) in [6.45, 7) is 1.07. The van der Waals surface area contributed by atoms with Crippen LogP contribution in [0, 0.1) is 11.3 Å². The van der Waals surface area contributed by atoms with Crippen LogP contribution in [-0.4, -0.2) is 5.92 Å². The maximum Gasteiger partial charge on any atom is 0.248 e. The van der Waals surface area contributed by atoms with E-state index in [9.17, 15) is 8.78 Å². The van der Waals surface area contributed by atoms with Crippen molar-refractivity contribution >= 4 is 0 Å². The topological polar surface area (TPSA) is 0 Å². The second kappa shape index (κ2) is 2.43. The summed E-state index contributed by atoms with van der Waals surface area (Å²) in [7, 11) is 0. The molecule has 2 heteroatoms. The van der Waals surface area contributed by atoms with Gasteiger partial charge in [0.25, 0.3) is 0 Å². The highest BCUT2D eigenvalue weighted by Crippen LogP contribution is 2.58. The zero-order valence-corrected chi connectivity index (χ0v) is 7.58. The molecule has 0 heterocycles. The highest BCUT2D eigenvalue weighted by atomic mass is 19.3. The molecule has 12 heavy (non-hydrogen) atoms. The number of hydrogen-bond acceptors (Lipinski definition) is 0. The standard InChI is InChI=1S/C10H16F2/c1-9(11,12)8-2-4-10(5-3-8)6-7-10/h8H,2-7H2,1H3. The van der Waals surface area contributed by atoms with E-state index >= 15 is 0 Å². The van der Waals surface area contributed by atoms with Crippen molar-refractivity contribution in [2.24, 2.45) is 11.3 Å². The third-order valence-electron chi connectivity index (χ3n) is 3.72. The molecule has 1 spiro atoms. The lowest BCUT2D eigenvalue weighted by Gasteiger charge is -2.31. The van der Waals surface area contributed by atoms with Crippen LogP contribution in [0.3, 0.4) is 0 Å². The van der Waals surface area contributed by atoms with E-state index in [2.05, 4.69) is 0 Å². The van der Waals surface area contributed by atoms with Gasteiger partial charge in [0.1, 0.15) is 0 Å². The van der Waals surface area contributed by atoms with E-state index in [1.54, 1.807) is 0 Å². The molecule has 0 aromatic carbocycles. The first-order valence-electron chi connectivity index (χ1n) is 4.90. The summed E-state index contributed by atoms with van der Waals surface area (Å²) in [6.07, 6.45) is 6.22. The molecular formula is C10H16F2. The maximum absolute atomic E-state index is 12.9. The summed E-state index contributed by atoms with van der Waals surface area (Å²) >= 11 is 0. The lowest BCUT2D eigenvalue weighted by atomic mass is 9.77. The van der Waals surface area contributed by atoms with Crippen molar-refractivity contribution in [1.29, 1.82) is 0 Å². The van der Waals surface area contributed by atoms with Crippen molar-refractivity contribution in [3.63, 3.8) is 0 Å². The largest absolute Gasteiger partial charge is 0.248 e. The van der Waals surface area contributed by atoms with Crippen LogP contribution in [0.2, 0.25) is 0 Å². The molecule has 2 rings (SSSR count). The fourth-order valence-corrected chi connectivity index (χ4v) is 2.41. The molecular weight excluding hydrogens is 158 g/mol. The lowest BCUT2D eigenvalue weighted by Crippen LogP contribution is -2.29. The third kappa shape index (κ3) is 1.48. The summed E-state index contributed by atoms with van der Waals surface area (Å²) in [4.78, 5) is 0. The van der Waals surface area contributed by atoms with Crippen LogP contribution in [0.1, 0.15) is 45.4 Å². The van der Waals surface area contributed by atoms with Gasteiger partial charge in [-0.2, -0.15) is 0 Å². The van der Waals surface area contributed by atoms with Crippen LogP contribution in [0.5, 0.6) is 0 Å². The summed E-state index contributed by atoms with van der Waals surface area (Å²) < 4.78 is 25.8. The van der Waals surface area contributed by atoms with Crippen LogP contribution in [0.25, 0.3) is 0 Å². The van der Waals surface area contributed by atoms with E-state index in [0.29, 0.717) is 5.41 Å². The Balaban J connectivity index is 1.90. The fourth-order valence-electron chi connectivity index (χ4n) is 2.41. The van der Waals surface area contributed by atoms with Gasteiger partial charge in [-0.25, -0.2) is 8.78 Å². The van der Waals surface area contributed by atoms with Crippen molar-refractivity contribution in [3.8, 4) is 0 Å². The lowest BCUT2D eigenvalue weighted by molar-refractivity contribution is -0.0594. The van der Waals surface area contributed by atoms with Gasteiger partial charge in [0, 0.05) is 5.92 Å². The van der Waals surface area contributed by atoms with Crippen molar-refractivity contribution in [3.05, 3.63) is 0 Å². The molecule has 0 nitrogen and oxygen atoms in total. The number of hydrogen-bond donors (Lipinski definition) is 0. The van der Waals surface area contributed by atoms with E-state index in [1.165, 1.54) is 12.8 Å². The molecule has 0 unspecified atom stereocenters. The Bertz CT molecular complexity index is 167. The second-order valence-corrected chi connectivity index (χ2v) is 4.73. The van der Waals surface area contributed by atoms with E-state index < -0.39 is 5.92 Å². The molecule has 0 aromatic rings. The van der Waals surface area contributed by atoms with Crippen LogP contribution >= 0.6 is 0 Å². The molecule has 0 radical (unpaired) electrons. The Morgan fingerprint density at radius 3 is 1.92 bits per heavy atom. The van der Waals surface area contributed by atoms with E-state index in [1.807, 2.05) is 0 Å². The molecule has 0 amide bonds. The summed E-state index contributed by atoms with van der Waals surface area (Å²) in [6, 6.07) is 0. The monoisotopic (exact) mass is 174 g/mol. The molecule has 0 atom stereocenters. The molecule has 2 saturated carbocycles. The average molecular weight is 174 g/mol. The zero-order valence-electron chi connectivity index (χ0n) is 7.58. The molecule has 0 aliphatic heterocycles. The van der Waals surface area contributed by atoms with E-state index in [-0.39, 0.29) is 5.92 Å². The number of alkyl halides is 2. The van der Waals surface area contributed by atoms with Crippen LogP contribution in [0.15, 0.2) is 0 Å². The predicted molar refractivity (Wildman–Crippen MR) is 44.2 cm³/mol.